The average molecular weight is 323 g/mol. The van der Waals surface area contributed by atoms with E-state index in [1.165, 1.54) is 0 Å². The van der Waals surface area contributed by atoms with Crippen molar-refractivity contribution in [1.29, 1.82) is 0 Å². The number of hydrogen-bond acceptors (Lipinski definition) is 4. The summed E-state index contributed by atoms with van der Waals surface area (Å²) in [6.07, 6.45) is 3.81. The Morgan fingerprint density at radius 2 is 2.04 bits per heavy atom. The molecule has 3 fully saturated rings. The van der Waals surface area contributed by atoms with Gasteiger partial charge in [0, 0.05) is 44.2 Å². The first kappa shape index (κ1) is 16.7. The number of carbonyl (C=O) groups excluding carboxylic acids is 2. The van der Waals surface area contributed by atoms with E-state index in [9.17, 15) is 9.59 Å². The van der Waals surface area contributed by atoms with Gasteiger partial charge in [-0.05, 0) is 33.1 Å². The van der Waals surface area contributed by atoms with Gasteiger partial charge in [0.1, 0.15) is 0 Å². The Labute approximate surface area is 138 Å². The first-order valence-corrected chi connectivity index (χ1v) is 8.92. The van der Waals surface area contributed by atoms with Crippen molar-refractivity contribution in [2.24, 2.45) is 0 Å². The summed E-state index contributed by atoms with van der Waals surface area (Å²) in [5, 5.41) is 3.12. The normalized spacial score (nSPS) is 28.4. The minimum absolute atomic E-state index is 0.0146. The summed E-state index contributed by atoms with van der Waals surface area (Å²) in [5.41, 5.74) is -0.0381. The maximum absolute atomic E-state index is 12.6. The van der Waals surface area contributed by atoms with Gasteiger partial charge in [-0.1, -0.05) is 0 Å². The maximum atomic E-state index is 12.6. The Morgan fingerprint density at radius 1 is 1.30 bits per heavy atom. The van der Waals surface area contributed by atoms with Crippen LogP contribution in [-0.4, -0.2) is 72.1 Å². The van der Waals surface area contributed by atoms with E-state index in [4.69, 9.17) is 4.74 Å². The van der Waals surface area contributed by atoms with Gasteiger partial charge >= 0.3 is 0 Å². The lowest BCUT2D eigenvalue weighted by molar-refractivity contribution is -0.138. The summed E-state index contributed by atoms with van der Waals surface area (Å²) in [6.45, 7) is 8.38. The maximum Gasteiger partial charge on any atom is 0.225 e. The molecule has 2 amide bonds. The van der Waals surface area contributed by atoms with E-state index >= 15 is 0 Å². The van der Waals surface area contributed by atoms with E-state index < -0.39 is 0 Å². The number of nitrogens with zero attached hydrogens (tertiary/aromatic N) is 2. The first-order chi connectivity index (χ1) is 11.0. The molecule has 3 saturated heterocycles. The van der Waals surface area contributed by atoms with Crippen LogP contribution in [0, 0.1) is 0 Å². The molecule has 3 rings (SSSR count). The van der Waals surface area contributed by atoms with Crippen molar-refractivity contribution in [2.45, 2.75) is 63.6 Å². The predicted molar refractivity (Wildman–Crippen MR) is 87.0 cm³/mol. The Kier molecular flexibility index (Phi) is 4.92. The number of nitrogens with one attached hydrogen (secondary N) is 1. The molecule has 130 valence electrons. The Bertz CT molecular complexity index is 458. The molecule has 0 bridgehead atoms. The van der Waals surface area contributed by atoms with Crippen LogP contribution >= 0.6 is 0 Å². The molecule has 6 heteroatoms. The van der Waals surface area contributed by atoms with E-state index in [0.29, 0.717) is 25.5 Å². The molecule has 0 aromatic heterocycles. The van der Waals surface area contributed by atoms with Gasteiger partial charge in [-0.15, -0.1) is 0 Å². The number of piperidine rings is 1. The third-order valence-electron chi connectivity index (χ3n) is 5.61. The molecule has 1 atom stereocenters. The SMILES string of the molecule is CC(C)N1CCO[C@@H](CC(=O)N2CCC3(CCC(=O)N3)CC2)C1. The van der Waals surface area contributed by atoms with Gasteiger partial charge in [0.15, 0.2) is 0 Å². The highest BCUT2D eigenvalue weighted by atomic mass is 16.5. The second kappa shape index (κ2) is 6.77. The van der Waals surface area contributed by atoms with Crippen LogP contribution < -0.4 is 5.32 Å². The molecule has 0 aromatic carbocycles. The topological polar surface area (TPSA) is 61.9 Å². The molecule has 6 nitrogen and oxygen atoms in total. The smallest absolute Gasteiger partial charge is 0.225 e. The van der Waals surface area contributed by atoms with Crippen LogP contribution in [0.5, 0.6) is 0 Å². The van der Waals surface area contributed by atoms with Crippen molar-refractivity contribution in [3.8, 4) is 0 Å². The zero-order valence-electron chi connectivity index (χ0n) is 14.3. The molecular formula is C17H29N3O3. The fourth-order valence-corrected chi connectivity index (χ4v) is 3.99. The third kappa shape index (κ3) is 3.86. The van der Waals surface area contributed by atoms with E-state index in [1.807, 2.05) is 4.90 Å². The highest BCUT2D eigenvalue weighted by Crippen LogP contribution is 2.31. The number of ether oxygens (including phenoxy) is 1. The fourth-order valence-electron chi connectivity index (χ4n) is 3.99. The Hall–Kier alpha value is -1.14. The highest BCUT2D eigenvalue weighted by molar-refractivity contribution is 5.80. The van der Waals surface area contributed by atoms with Crippen molar-refractivity contribution in [2.75, 3.05) is 32.8 Å². The fraction of sp³-hybridized carbons (Fsp3) is 0.882. The summed E-state index contributed by atoms with van der Waals surface area (Å²) >= 11 is 0. The molecule has 1 N–H and O–H groups in total. The van der Waals surface area contributed by atoms with Gasteiger partial charge in [-0.2, -0.15) is 0 Å². The zero-order chi connectivity index (χ0) is 16.4. The van der Waals surface area contributed by atoms with Gasteiger partial charge in [0.25, 0.3) is 0 Å². The van der Waals surface area contributed by atoms with Crippen molar-refractivity contribution >= 4 is 11.8 Å². The molecule has 0 aromatic rings. The van der Waals surface area contributed by atoms with Gasteiger partial charge in [-0.3, -0.25) is 14.5 Å². The average Bonchev–Trinajstić information content (AvgIpc) is 2.89. The van der Waals surface area contributed by atoms with Gasteiger partial charge in [0.05, 0.1) is 19.1 Å². The minimum Gasteiger partial charge on any atom is -0.375 e. The summed E-state index contributed by atoms with van der Waals surface area (Å²) in [7, 11) is 0. The van der Waals surface area contributed by atoms with Crippen LogP contribution in [0.15, 0.2) is 0 Å². The number of carbonyl (C=O) groups is 2. The van der Waals surface area contributed by atoms with Crippen molar-refractivity contribution in [3.63, 3.8) is 0 Å². The molecule has 3 aliphatic rings. The van der Waals surface area contributed by atoms with Gasteiger partial charge in [0.2, 0.25) is 11.8 Å². The monoisotopic (exact) mass is 323 g/mol. The second-order valence-electron chi connectivity index (χ2n) is 7.49. The van der Waals surface area contributed by atoms with Crippen LogP contribution in [0.25, 0.3) is 0 Å². The van der Waals surface area contributed by atoms with Crippen LogP contribution in [-0.2, 0) is 14.3 Å². The summed E-state index contributed by atoms with van der Waals surface area (Å²) in [6, 6.07) is 0.498. The standard InChI is InChI=1S/C17H29N3O3/c1-13(2)20-9-10-23-14(12-20)11-16(22)19-7-5-17(6-8-19)4-3-15(21)18-17/h13-14H,3-12H2,1-2H3,(H,18,21)/t14-/m0/s1. The minimum atomic E-state index is -0.0381. The van der Waals surface area contributed by atoms with E-state index in [2.05, 4.69) is 24.1 Å². The summed E-state index contributed by atoms with van der Waals surface area (Å²) in [5.74, 6) is 0.355. The third-order valence-corrected chi connectivity index (χ3v) is 5.61. The van der Waals surface area contributed by atoms with Crippen LogP contribution in [0.3, 0.4) is 0 Å². The summed E-state index contributed by atoms with van der Waals surface area (Å²) < 4.78 is 5.78. The number of rotatable bonds is 3. The molecule has 3 heterocycles. The van der Waals surface area contributed by atoms with Crippen LogP contribution in [0.1, 0.15) is 46.0 Å². The van der Waals surface area contributed by atoms with Gasteiger partial charge < -0.3 is 15.0 Å². The van der Waals surface area contributed by atoms with E-state index in [1.54, 1.807) is 0 Å². The van der Waals surface area contributed by atoms with Crippen LogP contribution in [0.4, 0.5) is 0 Å². The quantitative estimate of drug-likeness (QED) is 0.833. The number of hydrogen-bond donors (Lipinski definition) is 1. The lowest BCUT2D eigenvalue weighted by atomic mass is 9.86. The zero-order valence-corrected chi connectivity index (χ0v) is 14.3. The largest absolute Gasteiger partial charge is 0.375 e. The Balaban J connectivity index is 1.47. The number of morpholine rings is 1. The molecule has 0 aliphatic carbocycles. The van der Waals surface area contributed by atoms with Crippen molar-refractivity contribution < 1.29 is 14.3 Å². The second-order valence-corrected chi connectivity index (χ2v) is 7.49. The lowest BCUT2D eigenvalue weighted by Crippen LogP contribution is -2.53. The van der Waals surface area contributed by atoms with E-state index in [0.717, 1.165) is 45.4 Å². The van der Waals surface area contributed by atoms with Crippen molar-refractivity contribution in [1.82, 2.24) is 15.1 Å². The predicted octanol–water partition coefficient (Wildman–Crippen LogP) is 0.757. The van der Waals surface area contributed by atoms with Crippen molar-refractivity contribution in [3.05, 3.63) is 0 Å². The molecule has 3 aliphatic heterocycles. The Morgan fingerprint density at radius 3 is 2.65 bits per heavy atom. The lowest BCUT2D eigenvalue weighted by Gasteiger charge is -2.40. The highest BCUT2D eigenvalue weighted by Gasteiger charge is 2.41. The first-order valence-electron chi connectivity index (χ1n) is 8.92. The number of likely N-dealkylation sites (tertiary alicyclic amines) is 1. The summed E-state index contributed by atoms with van der Waals surface area (Å²) in [4.78, 5) is 28.3. The molecule has 23 heavy (non-hydrogen) atoms. The van der Waals surface area contributed by atoms with Gasteiger partial charge in [-0.25, -0.2) is 0 Å². The number of amides is 2. The molecule has 1 spiro atoms. The molecule has 0 saturated carbocycles. The molecule has 0 unspecified atom stereocenters. The molecule has 0 radical (unpaired) electrons. The van der Waals surface area contributed by atoms with E-state index in [-0.39, 0.29) is 23.5 Å². The molecular weight excluding hydrogens is 294 g/mol. The van der Waals surface area contributed by atoms with Crippen LogP contribution in [0.2, 0.25) is 0 Å².